The Morgan fingerprint density at radius 1 is 0.961 bits per heavy atom. The van der Waals surface area contributed by atoms with E-state index in [1.807, 2.05) is 36.8 Å². The number of imidazole rings is 1. The van der Waals surface area contributed by atoms with Gasteiger partial charge in [0.25, 0.3) is 0 Å². The zero-order valence-electron chi connectivity index (χ0n) is 30.7. The minimum atomic E-state index is -0.166. The number of benzene rings is 3. The van der Waals surface area contributed by atoms with Crippen molar-refractivity contribution in [2.45, 2.75) is 78.5 Å². The normalized spacial score (nSPS) is 14.5. The molecule has 0 radical (unpaired) electrons. The van der Waals surface area contributed by atoms with Crippen molar-refractivity contribution in [2.24, 2.45) is 11.8 Å². The van der Waals surface area contributed by atoms with Gasteiger partial charge in [0.2, 0.25) is 11.0 Å². The zero-order valence-corrected chi connectivity index (χ0v) is 31.6. The highest BCUT2D eigenvalue weighted by Gasteiger charge is 2.26. The molecular formula is C42H54N4O4S. The van der Waals surface area contributed by atoms with Crippen LogP contribution in [0.25, 0.3) is 11.1 Å². The number of ether oxygens (including phenoxy) is 2. The lowest BCUT2D eigenvalue weighted by atomic mass is 9.88. The average Bonchev–Trinajstić information content (AvgIpc) is 3.57. The topological polar surface area (TPSA) is 85.7 Å². The SMILES string of the molecule is CCCCOCCOc1ccc(-c2ccc3c(c2)CC(C(=O)Nc2ccc(C(=O)SCc4cncn4CCC)cc2)CCCN3CC(C)C)cc1. The number of carbonyl (C=O) groups excluding carboxylic acids is 2. The Kier molecular flexibility index (Phi) is 14.6. The Labute approximate surface area is 308 Å². The lowest BCUT2D eigenvalue weighted by molar-refractivity contribution is -0.120. The molecule has 1 atom stereocenters. The third-order valence-electron chi connectivity index (χ3n) is 9.15. The maximum absolute atomic E-state index is 13.8. The van der Waals surface area contributed by atoms with Crippen LogP contribution in [0.4, 0.5) is 11.4 Å². The molecule has 4 aromatic rings. The number of fused-ring (bicyclic) bond motifs is 1. The molecule has 9 heteroatoms. The van der Waals surface area contributed by atoms with Crippen LogP contribution in [-0.4, -0.2) is 53.5 Å². The number of carbonyl (C=O) groups is 2. The van der Waals surface area contributed by atoms with Crippen LogP contribution in [0.2, 0.25) is 0 Å². The molecule has 1 aliphatic rings. The lowest BCUT2D eigenvalue weighted by Gasteiger charge is -2.33. The van der Waals surface area contributed by atoms with Crippen LogP contribution in [0.15, 0.2) is 79.3 Å². The summed E-state index contributed by atoms with van der Waals surface area (Å²) in [5.74, 6) is 1.78. The fourth-order valence-electron chi connectivity index (χ4n) is 6.49. The van der Waals surface area contributed by atoms with E-state index in [-0.39, 0.29) is 16.9 Å². The number of hydrogen-bond donors (Lipinski definition) is 1. The highest BCUT2D eigenvalue weighted by atomic mass is 32.2. The second kappa shape index (κ2) is 19.5. The van der Waals surface area contributed by atoms with Crippen molar-refractivity contribution >= 4 is 34.2 Å². The molecule has 0 saturated carbocycles. The first-order valence-corrected chi connectivity index (χ1v) is 19.6. The second-order valence-electron chi connectivity index (χ2n) is 13.8. The van der Waals surface area contributed by atoms with Crippen molar-refractivity contribution in [3.05, 3.63) is 96.1 Å². The summed E-state index contributed by atoms with van der Waals surface area (Å²) in [6.07, 6.45) is 9.26. The molecule has 51 heavy (non-hydrogen) atoms. The molecule has 1 aliphatic heterocycles. The fraction of sp³-hybridized carbons (Fsp3) is 0.452. The number of aryl methyl sites for hydroxylation is 1. The molecule has 1 unspecified atom stereocenters. The summed E-state index contributed by atoms with van der Waals surface area (Å²) in [7, 11) is 0. The maximum atomic E-state index is 13.8. The Hall–Kier alpha value is -4.08. The highest BCUT2D eigenvalue weighted by molar-refractivity contribution is 8.13. The van der Waals surface area contributed by atoms with E-state index in [0.717, 1.165) is 80.9 Å². The Morgan fingerprint density at radius 2 is 1.75 bits per heavy atom. The summed E-state index contributed by atoms with van der Waals surface area (Å²) in [6.45, 7) is 13.5. The van der Waals surface area contributed by atoms with Crippen molar-refractivity contribution in [3.8, 4) is 16.9 Å². The van der Waals surface area contributed by atoms with E-state index in [0.29, 0.717) is 42.6 Å². The van der Waals surface area contributed by atoms with E-state index in [1.165, 1.54) is 23.0 Å². The molecule has 0 fully saturated rings. The second-order valence-corrected chi connectivity index (χ2v) is 14.7. The van der Waals surface area contributed by atoms with E-state index in [4.69, 9.17) is 9.47 Å². The van der Waals surface area contributed by atoms with Crippen LogP contribution < -0.4 is 15.0 Å². The Morgan fingerprint density at radius 3 is 2.49 bits per heavy atom. The summed E-state index contributed by atoms with van der Waals surface area (Å²) in [5.41, 5.74) is 7.01. The number of nitrogens with zero attached hydrogens (tertiary/aromatic N) is 3. The van der Waals surface area contributed by atoms with Crippen LogP contribution in [0.5, 0.6) is 5.75 Å². The van der Waals surface area contributed by atoms with E-state index < -0.39 is 0 Å². The van der Waals surface area contributed by atoms with Crippen molar-refractivity contribution in [3.63, 3.8) is 0 Å². The summed E-state index contributed by atoms with van der Waals surface area (Å²) < 4.78 is 13.6. The molecule has 1 aromatic heterocycles. The third-order valence-corrected chi connectivity index (χ3v) is 10.1. The summed E-state index contributed by atoms with van der Waals surface area (Å²) >= 11 is 1.28. The molecule has 8 nitrogen and oxygen atoms in total. The summed E-state index contributed by atoms with van der Waals surface area (Å²) in [4.78, 5) is 33.4. The van der Waals surface area contributed by atoms with Gasteiger partial charge in [0.15, 0.2) is 0 Å². The van der Waals surface area contributed by atoms with Gasteiger partial charge in [0, 0.05) is 66.7 Å². The maximum Gasteiger partial charge on any atom is 0.227 e. The minimum Gasteiger partial charge on any atom is -0.491 e. The largest absolute Gasteiger partial charge is 0.491 e. The number of thioether (sulfide) groups is 1. The number of nitrogens with one attached hydrogen (secondary N) is 1. The molecule has 0 bridgehead atoms. The van der Waals surface area contributed by atoms with Crippen molar-refractivity contribution in [1.82, 2.24) is 9.55 Å². The number of anilines is 2. The number of hydrogen-bond acceptors (Lipinski definition) is 7. The van der Waals surface area contributed by atoms with Crippen LogP contribution in [0, 0.1) is 11.8 Å². The van der Waals surface area contributed by atoms with E-state index in [1.54, 1.807) is 12.1 Å². The fourth-order valence-corrected chi connectivity index (χ4v) is 7.31. The van der Waals surface area contributed by atoms with Gasteiger partial charge >= 0.3 is 0 Å². The Bertz CT molecular complexity index is 1690. The molecule has 0 aliphatic carbocycles. The first-order chi connectivity index (χ1) is 24.8. The van der Waals surface area contributed by atoms with E-state index >= 15 is 0 Å². The first-order valence-electron chi connectivity index (χ1n) is 18.6. The zero-order chi connectivity index (χ0) is 36.0. The van der Waals surface area contributed by atoms with Gasteiger partial charge in [-0.3, -0.25) is 9.59 Å². The van der Waals surface area contributed by atoms with Gasteiger partial charge in [0.05, 0.1) is 12.9 Å². The van der Waals surface area contributed by atoms with Gasteiger partial charge in [-0.2, -0.15) is 0 Å². The molecule has 1 N–H and O–H groups in total. The van der Waals surface area contributed by atoms with Crippen molar-refractivity contribution in [1.29, 1.82) is 0 Å². The molecule has 2 heterocycles. The molecule has 5 rings (SSSR count). The Balaban J connectivity index is 1.24. The number of amides is 1. The predicted molar refractivity (Wildman–Crippen MR) is 210 cm³/mol. The van der Waals surface area contributed by atoms with Gasteiger partial charge in [0.1, 0.15) is 12.4 Å². The van der Waals surface area contributed by atoms with Crippen molar-refractivity contribution in [2.75, 3.05) is 43.1 Å². The number of rotatable bonds is 17. The standard InChI is InChI=1S/C42H54N4O4S/c1-5-7-22-49-23-24-50-39-17-12-32(13-18-39)34-14-19-40-36(25-34)26-35(9-8-21-45(40)28-31(3)4)41(47)44-37-15-10-33(11-16-37)42(48)51-29-38-27-43-30-46(38)20-6-2/h10-19,25,27,30-31,35H,5-9,20-24,26,28-29H2,1-4H3,(H,44,47). The molecule has 0 spiro atoms. The highest BCUT2D eigenvalue weighted by Crippen LogP contribution is 2.34. The van der Waals surface area contributed by atoms with Crippen LogP contribution >= 0.6 is 11.8 Å². The van der Waals surface area contributed by atoms with Gasteiger partial charge in [-0.1, -0.05) is 64.1 Å². The van der Waals surface area contributed by atoms with Crippen LogP contribution in [-0.2, 0) is 28.2 Å². The minimum absolute atomic E-state index is 0.00470. The first kappa shape index (κ1) is 38.2. The quantitative estimate of drug-likeness (QED) is 0.109. The summed E-state index contributed by atoms with van der Waals surface area (Å²) in [5, 5.41) is 3.16. The van der Waals surface area contributed by atoms with Gasteiger partial charge in [-0.05, 0) is 103 Å². The molecule has 272 valence electrons. The lowest BCUT2D eigenvalue weighted by Crippen LogP contribution is -2.34. The van der Waals surface area contributed by atoms with Gasteiger partial charge in [-0.15, -0.1) is 0 Å². The third kappa shape index (κ3) is 11.2. The molecule has 0 saturated heterocycles. The molecular weight excluding hydrogens is 657 g/mol. The number of unbranched alkanes of at least 4 members (excludes halogenated alkanes) is 1. The number of aromatic nitrogens is 2. The average molecular weight is 711 g/mol. The monoisotopic (exact) mass is 710 g/mol. The van der Waals surface area contributed by atoms with Crippen LogP contribution in [0.1, 0.15) is 81.4 Å². The van der Waals surface area contributed by atoms with E-state index in [2.05, 4.69) is 77.8 Å². The molecule has 3 aromatic carbocycles. The van der Waals surface area contributed by atoms with Gasteiger partial charge in [-0.25, -0.2) is 4.98 Å². The summed E-state index contributed by atoms with van der Waals surface area (Å²) in [6, 6.07) is 22.2. The van der Waals surface area contributed by atoms with Crippen molar-refractivity contribution < 1.29 is 19.1 Å². The van der Waals surface area contributed by atoms with E-state index in [9.17, 15) is 9.59 Å². The van der Waals surface area contributed by atoms with Gasteiger partial charge < -0.3 is 24.3 Å². The smallest absolute Gasteiger partial charge is 0.227 e. The molecule has 1 amide bonds. The predicted octanol–water partition coefficient (Wildman–Crippen LogP) is 9.28. The van der Waals surface area contributed by atoms with Crippen LogP contribution in [0.3, 0.4) is 0 Å².